The maximum Gasteiger partial charge on any atom is 0.306 e. The van der Waals surface area contributed by atoms with Gasteiger partial charge in [-0.05, 0) is 20.1 Å². The van der Waals surface area contributed by atoms with Crippen LogP contribution in [0.2, 0.25) is 0 Å². The van der Waals surface area contributed by atoms with E-state index in [0.717, 1.165) is 0 Å². The smallest absolute Gasteiger partial charge is 0.306 e. The van der Waals surface area contributed by atoms with Gasteiger partial charge in [0.1, 0.15) is 0 Å². The Hall–Kier alpha value is -0.260. The van der Waals surface area contributed by atoms with E-state index >= 15 is 0 Å². The number of carboxylic acids is 1. The SMILES string of the molecule is CSCOC1(C)COC(C)(CC(=O)O)C1. The Morgan fingerprint density at radius 2 is 2.27 bits per heavy atom. The lowest BCUT2D eigenvalue weighted by atomic mass is 9.91. The van der Waals surface area contributed by atoms with Crippen molar-refractivity contribution in [3.8, 4) is 0 Å². The molecule has 0 aromatic rings. The van der Waals surface area contributed by atoms with E-state index in [1.165, 1.54) is 0 Å². The predicted molar refractivity (Wildman–Crippen MR) is 59.1 cm³/mol. The van der Waals surface area contributed by atoms with Gasteiger partial charge in [-0.2, -0.15) is 0 Å². The van der Waals surface area contributed by atoms with Crippen LogP contribution in [-0.4, -0.2) is 41.1 Å². The van der Waals surface area contributed by atoms with E-state index in [1.807, 2.05) is 20.1 Å². The topological polar surface area (TPSA) is 55.8 Å². The Balaban J connectivity index is 2.52. The largest absolute Gasteiger partial charge is 0.481 e. The maximum atomic E-state index is 10.7. The first-order valence-corrected chi connectivity index (χ1v) is 6.27. The summed E-state index contributed by atoms with van der Waals surface area (Å²) in [7, 11) is 0. The molecule has 5 heteroatoms. The van der Waals surface area contributed by atoms with Crippen molar-refractivity contribution < 1.29 is 19.4 Å². The number of ether oxygens (including phenoxy) is 2. The van der Waals surface area contributed by atoms with E-state index in [1.54, 1.807) is 11.8 Å². The lowest BCUT2D eigenvalue weighted by Gasteiger charge is -2.25. The van der Waals surface area contributed by atoms with E-state index in [2.05, 4.69) is 0 Å². The summed E-state index contributed by atoms with van der Waals surface area (Å²) < 4.78 is 11.2. The van der Waals surface area contributed by atoms with Crippen molar-refractivity contribution in [1.29, 1.82) is 0 Å². The van der Waals surface area contributed by atoms with Gasteiger partial charge < -0.3 is 14.6 Å². The van der Waals surface area contributed by atoms with Crippen molar-refractivity contribution in [3.63, 3.8) is 0 Å². The first-order valence-electron chi connectivity index (χ1n) is 4.88. The second kappa shape index (κ2) is 4.72. The molecule has 0 aliphatic carbocycles. The van der Waals surface area contributed by atoms with Crippen LogP contribution in [0.3, 0.4) is 0 Å². The minimum atomic E-state index is -0.827. The summed E-state index contributed by atoms with van der Waals surface area (Å²) in [5.74, 6) is -0.213. The zero-order valence-electron chi connectivity index (χ0n) is 9.41. The molecule has 0 aromatic carbocycles. The van der Waals surface area contributed by atoms with E-state index in [0.29, 0.717) is 19.0 Å². The molecular weight excluding hydrogens is 216 g/mol. The van der Waals surface area contributed by atoms with Gasteiger partial charge in [-0.1, -0.05) is 0 Å². The summed E-state index contributed by atoms with van der Waals surface area (Å²) in [6.07, 6.45) is 2.63. The van der Waals surface area contributed by atoms with Crippen LogP contribution in [0.1, 0.15) is 26.7 Å². The quantitative estimate of drug-likeness (QED) is 0.734. The minimum Gasteiger partial charge on any atom is -0.481 e. The third-order valence-electron chi connectivity index (χ3n) is 2.52. The van der Waals surface area contributed by atoms with E-state index in [9.17, 15) is 4.79 Å². The van der Waals surface area contributed by atoms with Crippen molar-refractivity contribution in [3.05, 3.63) is 0 Å². The number of carboxylic acid groups (broad SMARTS) is 1. The first-order chi connectivity index (χ1) is 6.89. The van der Waals surface area contributed by atoms with Gasteiger partial charge in [0, 0.05) is 6.42 Å². The summed E-state index contributed by atoms with van der Waals surface area (Å²) in [5, 5.41) is 8.76. The highest BCUT2D eigenvalue weighted by Crippen LogP contribution is 2.37. The third-order valence-corrected chi connectivity index (χ3v) is 2.88. The summed E-state index contributed by atoms with van der Waals surface area (Å²) in [6, 6.07) is 0. The van der Waals surface area contributed by atoms with E-state index in [-0.39, 0.29) is 12.0 Å². The fraction of sp³-hybridized carbons (Fsp3) is 0.900. The Kier molecular flexibility index (Phi) is 4.03. The van der Waals surface area contributed by atoms with Crippen molar-refractivity contribution in [2.45, 2.75) is 37.9 Å². The molecular formula is C10H18O4S. The standard InChI is InChI=1S/C10H18O4S/c1-9(4-8(11)12)5-10(2,6-13-9)14-7-15-3/h4-7H2,1-3H3,(H,11,12). The molecule has 1 heterocycles. The molecule has 15 heavy (non-hydrogen) atoms. The van der Waals surface area contributed by atoms with Gasteiger partial charge >= 0.3 is 5.97 Å². The van der Waals surface area contributed by atoms with Crippen molar-refractivity contribution >= 4 is 17.7 Å². The normalized spacial score (nSPS) is 35.7. The van der Waals surface area contributed by atoms with Crippen molar-refractivity contribution in [2.24, 2.45) is 0 Å². The molecule has 1 saturated heterocycles. The summed E-state index contributed by atoms with van der Waals surface area (Å²) in [5.41, 5.74) is -0.924. The first kappa shape index (κ1) is 12.8. The van der Waals surface area contributed by atoms with Gasteiger partial charge in [0.15, 0.2) is 0 Å². The molecule has 1 rings (SSSR count). The van der Waals surface area contributed by atoms with Gasteiger partial charge in [-0.15, -0.1) is 11.8 Å². The lowest BCUT2D eigenvalue weighted by Crippen LogP contribution is -2.32. The summed E-state index contributed by atoms with van der Waals surface area (Å²) in [6.45, 7) is 4.27. The van der Waals surface area contributed by atoms with Crippen molar-refractivity contribution in [1.82, 2.24) is 0 Å². The van der Waals surface area contributed by atoms with Crippen LogP contribution in [0.5, 0.6) is 0 Å². The van der Waals surface area contributed by atoms with Crippen molar-refractivity contribution in [2.75, 3.05) is 18.8 Å². The Labute approximate surface area is 94.3 Å². The number of carbonyl (C=O) groups is 1. The monoisotopic (exact) mass is 234 g/mol. The van der Waals surface area contributed by atoms with Crippen LogP contribution in [0.25, 0.3) is 0 Å². The molecule has 0 aromatic heterocycles. The molecule has 0 saturated carbocycles. The third kappa shape index (κ3) is 3.66. The van der Waals surface area contributed by atoms with Gasteiger partial charge in [-0.3, -0.25) is 4.79 Å². The highest BCUT2D eigenvalue weighted by molar-refractivity contribution is 7.98. The minimum absolute atomic E-state index is 0.0330. The average Bonchev–Trinajstić information content (AvgIpc) is 2.38. The van der Waals surface area contributed by atoms with Gasteiger partial charge in [0.2, 0.25) is 0 Å². The van der Waals surface area contributed by atoms with Crippen LogP contribution in [0, 0.1) is 0 Å². The highest BCUT2D eigenvalue weighted by Gasteiger charge is 2.45. The zero-order chi connectivity index (χ0) is 11.5. The Morgan fingerprint density at radius 1 is 1.60 bits per heavy atom. The molecule has 1 fully saturated rings. The molecule has 0 spiro atoms. The predicted octanol–water partition coefficient (Wildman–Crippen LogP) is 1.74. The van der Waals surface area contributed by atoms with Crippen LogP contribution in [0.15, 0.2) is 0 Å². The number of hydrogen-bond donors (Lipinski definition) is 1. The van der Waals surface area contributed by atoms with Crippen LogP contribution >= 0.6 is 11.8 Å². The fourth-order valence-corrected chi connectivity index (χ4v) is 2.35. The summed E-state index contributed by atoms with van der Waals surface area (Å²) in [4.78, 5) is 10.7. The zero-order valence-corrected chi connectivity index (χ0v) is 10.2. The molecule has 0 amide bonds. The highest BCUT2D eigenvalue weighted by atomic mass is 32.2. The molecule has 4 nitrogen and oxygen atoms in total. The number of thioether (sulfide) groups is 1. The second-order valence-corrected chi connectivity index (χ2v) is 5.30. The second-order valence-electron chi connectivity index (χ2n) is 4.49. The summed E-state index contributed by atoms with van der Waals surface area (Å²) >= 11 is 1.61. The molecule has 0 bridgehead atoms. The fourth-order valence-electron chi connectivity index (χ4n) is 1.95. The molecule has 88 valence electrons. The maximum absolute atomic E-state index is 10.7. The van der Waals surface area contributed by atoms with Gasteiger partial charge in [0.25, 0.3) is 0 Å². The van der Waals surface area contributed by atoms with Crippen LogP contribution < -0.4 is 0 Å². The van der Waals surface area contributed by atoms with E-state index < -0.39 is 11.6 Å². The molecule has 1 aliphatic heterocycles. The molecule has 0 radical (unpaired) electrons. The number of aliphatic carboxylic acids is 1. The van der Waals surface area contributed by atoms with Crippen LogP contribution in [0.4, 0.5) is 0 Å². The van der Waals surface area contributed by atoms with Crippen LogP contribution in [-0.2, 0) is 14.3 Å². The van der Waals surface area contributed by atoms with Gasteiger partial charge in [0.05, 0.1) is 30.2 Å². The van der Waals surface area contributed by atoms with E-state index in [4.69, 9.17) is 14.6 Å². The molecule has 1 aliphatic rings. The Morgan fingerprint density at radius 3 is 2.80 bits per heavy atom. The molecule has 2 unspecified atom stereocenters. The molecule has 1 N–H and O–H groups in total. The molecule has 2 atom stereocenters. The average molecular weight is 234 g/mol. The lowest BCUT2D eigenvalue weighted by molar-refractivity contribution is -0.142. The number of rotatable bonds is 5. The Bertz CT molecular complexity index is 246. The van der Waals surface area contributed by atoms with Gasteiger partial charge in [-0.25, -0.2) is 0 Å². The number of hydrogen-bond acceptors (Lipinski definition) is 4.